The Bertz CT molecular complexity index is 1560. The molecule has 0 nitrogen and oxygen atoms in total. The number of rotatable bonds is 4. The van der Waals surface area contributed by atoms with Gasteiger partial charge in [0.1, 0.15) is 0 Å². The van der Waals surface area contributed by atoms with Crippen molar-refractivity contribution in [1.82, 2.24) is 0 Å². The Morgan fingerprint density at radius 3 is 1.68 bits per heavy atom. The Hall–Kier alpha value is -3.64. The van der Waals surface area contributed by atoms with Crippen LogP contribution < -0.4 is 0 Å². The van der Waals surface area contributed by atoms with Crippen LogP contribution in [0.2, 0.25) is 0 Å². The molecule has 0 atom stereocenters. The van der Waals surface area contributed by atoms with E-state index in [0.29, 0.717) is 11.8 Å². The van der Waals surface area contributed by atoms with E-state index < -0.39 is 5.41 Å². The van der Waals surface area contributed by atoms with Gasteiger partial charge in [0.05, 0.1) is 5.41 Å². The smallest absolute Gasteiger partial charge is 0.0613 e. The Morgan fingerprint density at radius 1 is 0.541 bits per heavy atom. The molecule has 6 rings (SSSR count). The fourth-order valence-electron chi connectivity index (χ4n) is 6.46. The molecule has 0 spiro atoms. The van der Waals surface area contributed by atoms with E-state index >= 15 is 0 Å². The van der Waals surface area contributed by atoms with E-state index in [1.165, 1.54) is 66.4 Å². The van der Waals surface area contributed by atoms with Crippen LogP contribution in [0.5, 0.6) is 0 Å². The zero-order chi connectivity index (χ0) is 25.9. The third-order valence-electron chi connectivity index (χ3n) is 8.55. The van der Waals surface area contributed by atoms with Crippen molar-refractivity contribution in [3.8, 4) is 11.1 Å². The van der Waals surface area contributed by atoms with Crippen LogP contribution in [0.1, 0.15) is 84.0 Å². The topological polar surface area (TPSA) is 0 Å². The maximum Gasteiger partial charge on any atom is 0.0713 e. The highest BCUT2D eigenvalue weighted by atomic mass is 14.5. The van der Waals surface area contributed by atoms with E-state index in [0.717, 1.165) is 0 Å². The van der Waals surface area contributed by atoms with Gasteiger partial charge < -0.3 is 0 Å². The van der Waals surface area contributed by atoms with E-state index in [2.05, 4.69) is 139 Å². The molecular formula is C37H36. The number of hydrogen-bond donors (Lipinski definition) is 0. The summed E-state index contributed by atoms with van der Waals surface area (Å²) in [4.78, 5) is 0. The average molecular weight is 481 g/mol. The monoisotopic (exact) mass is 480 g/mol. The highest BCUT2D eigenvalue weighted by Crippen LogP contribution is 2.55. The van der Waals surface area contributed by atoms with Crippen LogP contribution in [0.25, 0.3) is 21.9 Å². The van der Waals surface area contributed by atoms with Crippen LogP contribution in [0, 0.1) is 13.8 Å². The molecule has 0 fully saturated rings. The second-order valence-corrected chi connectivity index (χ2v) is 11.5. The standard InChI is InChI=1S/C37H36/c1-23(2)27-12-16-29(17-13-27)37(30-18-14-28(15-19-30)24(3)4)34-9-7-8-31-26(6)11-21-33(36(31)34)32-20-10-25(5)22-35(32)37/h7-24H,1-6H3. The molecule has 0 N–H and O–H groups in total. The summed E-state index contributed by atoms with van der Waals surface area (Å²) < 4.78 is 0. The molecule has 0 saturated heterocycles. The highest BCUT2D eigenvalue weighted by Gasteiger charge is 2.44. The molecule has 0 heterocycles. The largest absolute Gasteiger partial charge is 0.0713 e. The van der Waals surface area contributed by atoms with Gasteiger partial charge in [-0.25, -0.2) is 0 Å². The van der Waals surface area contributed by atoms with Crippen LogP contribution in [-0.2, 0) is 5.41 Å². The maximum atomic E-state index is 2.43. The van der Waals surface area contributed by atoms with Gasteiger partial charge in [0.2, 0.25) is 0 Å². The molecule has 0 aliphatic heterocycles. The van der Waals surface area contributed by atoms with Gasteiger partial charge in [-0.1, -0.05) is 130 Å². The summed E-state index contributed by atoms with van der Waals surface area (Å²) >= 11 is 0. The maximum absolute atomic E-state index is 2.43. The lowest BCUT2D eigenvalue weighted by molar-refractivity contribution is 0.743. The summed E-state index contributed by atoms with van der Waals surface area (Å²) in [5.41, 5.74) is 13.1. The minimum absolute atomic E-state index is 0.396. The molecule has 5 aromatic rings. The van der Waals surface area contributed by atoms with Gasteiger partial charge in [0.25, 0.3) is 0 Å². The second-order valence-electron chi connectivity index (χ2n) is 11.5. The summed E-state index contributed by atoms with van der Waals surface area (Å²) in [6.07, 6.45) is 0. The Kier molecular flexibility index (Phi) is 5.60. The molecule has 0 radical (unpaired) electrons. The van der Waals surface area contributed by atoms with E-state index in [1.807, 2.05) is 0 Å². The lowest BCUT2D eigenvalue weighted by Gasteiger charge is -2.42. The zero-order valence-corrected chi connectivity index (χ0v) is 22.9. The van der Waals surface area contributed by atoms with E-state index in [9.17, 15) is 0 Å². The summed E-state index contributed by atoms with van der Waals surface area (Å²) in [6.45, 7) is 13.6. The Balaban J connectivity index is 1.81. The zero-order valence-electron chi connectivity index (χ0n) is 22.9. The SMILES string of the molecule is Cc1ccc2c(c1)C(c1ccc(C(C)C)cc1)(c1ccc(C(C)C)cc1)c1cccc3c(C)ccc-2c13. The normalized spacial score (nSPS) is 13.8. The van der Waals surface area contributed by atoms with E-state index in [4.69, 9.17) is 0 Å². The van der Waals surface area contributed by atoms with Gasteiger partial charge in [-0.3, -0.25) is 0 Å². The molecule has 184 valence electrons. The van der Waals surface area contributed by atoms with Crippen LogP contribution in [0.3, 0.4) is 0 Å². The number of hydrogen-bond acceptors (Lipinski definition) is 0. The molecule has 1 aliphatic rings. The molecule has 0 unspecified atom stereocenters. The van der Waals surface area contributed by atoms with Crippen molar-refractivity contribution in [1.29, 1.82) is 0 Å². The van der Waals surface area contributed by atoms with Gasteiger partial charge in [0.15, 0.2) is 0 Å². The molecule has 1 aliphatic carbocycles. The van der Waals surface area contributed by atoms with Gasteiger partial charge >= 0.3 is 0 Å². The number of aryl methyl sites for hydroxylation is 2. The van der Waals surface area contributed by atoms with Crippen molar-refractivity contribution < 1.29 is 0 Å². The predicted octanol–water partition coefficient (Wildman–Crippen LogP) is 10.1. The second kappa shape index (κ2) is 8.73. The molecule has 0 heteroatoms. The van der Waals surface area contributed by atoms with Crippen LogP contribution in [-0.4, -0.2) is 0 Å². The van der Waals surface area contributed by atoms with Crippen molar-refractivity contribution >= 4 is 10.8 Å². The minimum atomic E-state index is -0.396. The van der Waals surface area contributed by atoms with Crippen LogP contribution >= 0.6 is 0 Å². The molecule has 0 saturated carbocycles. The fourth-order valence-corrected chi connectivity index (χ4v) is 6.46. The molecule has 5 aromatic carbocycles. The van der Waals surface area contributed by atoms with Crippen LogP contribution in [0.4, 0.5) is 0 Å². The van der Waals surface area contributed by atoms with Crippen LogP contribution in [0.15, 0.2) is 97.1 Å². The number of benzene rings is 5. The molecule has 0 amide bonds. The van der Waals surface area contributed by atoms with E-state index in [-0.39, 0.29) is 0 Å². The summed E-state index contributed by atoms with van der Waals surface area (Å²) in [5.74, 6) is 1.01. The Labute approximate surface area is 222 Å². The molecule has 0 bridgehead atoms. The summed E-state index contributed by atoms with van der Waals surface area (Å²) in [5, 5.41) is 2.74. The first-order chi connectivity index (χ1) is 17.8. The van der Waals surface area contributed by atoms with Crippen molar-refractivity contribution in [2.45, 2.75) is 58.8 Å². The molecule has 0 aromatic heterocycles. The van der Waals surface area contributed by atoms with Crippen molar-refractivity contribution in [2.24, 2.45) is 0 Å². The average Bonchev–Trinajstić information content (AvgIpc) is 2.90. The van der Waals surface area contributed by atoms with Crippen molar-refractivity contribution in [3.63, 3.8) is 0 Å². The first-order valence-corrected chi connectivity index (χ1v) is 13.7. The number of fused-ring (bicyclic) bond motifs is 2. The fraction of sp³-hybridized carbons (Fsp3) is 0.243. The third kappa shape index (κ3) is 3.50. The van der Waals surface area contributed by atoms with Gasteiger partial charge in [-0.15, -0.1) is 0 Å². The Morgan fingerprint density at radius 2 is 1.11 bits per heavy atom. The van der Waals surface area contributed by atoms with Gasteiger partial charge in [-0.05, 0) is 86.5 Å². The molecular weight excluding hydrogens is 444 g/mol. The van der Waals surface area contributed by atoms with Crippen molar-refractivity contribution in [3.05, 3.63) is 142 Å². The quantitative estimate of drug-likeness (QED) is 0.235. The first-order valence-electron chi connectivity index (χ1n) is 13.7. The predicted molar refractivity (Wildman–Crippen MR) is 159 cm³/mol. The van der Waals surface area contributed by atoms with E-state index in [1.54, 1.807) is 0 Å². The first kappa shape index (κ1) is 23.7. The lowest BCUT2D eigenvalue weighted by Crippen LogP contribution is -2.34. The summed E-state index contributed by atoms with van der Waals surface area (Å²) in [7, 11) is 0. The summed E-state index contributed by atoms with van der Waals surface area (Å²) in [6, 6.07) is 37.5. The lowest BCUT2D eigenvalue weighted by atomic mass is 9.59. The van der Waals surface area contributed by atoms with Gasteiger partial charge in [-0.2, -0.15) is 0 Å². The van der Waals surface area contributed by atoms with Crippen molar-refractivity contribution in [2.75, 3.05) is 0 Å². The third-order valence-corrected chi connectivity index (χ3v) is 8.55. The van der Waals surface area contributed by atoms with Gasteiger partial charge in [0, 0.05) is 0 Å². The highest BCUT2D eigenvalue weighted by molar-refractivity contribution is 6.06. The molecule has 37 heavy (non-hydrogen) atoms. The minimum Gasteiger partial charge on any atom is -0.0613 e.